The molecule has 1 fully saturated rings. The maximum atomic E-state index is 12.6. The minimum Gasteiger partial charge on any atom is -0.338 e. The van der Waals surface area contributed by atoms with Gasteiger partial charge in [0.1, 0.15) is 0 Å². The number of carbonyl (C=O) groups excluding carboxylic acids is 1. The highest BCUT2D eigenvalue weighted by atomic mass is 127. The fourth-order valence-electron chi connectivity index (χ4n) is 1.99. The second-order valence-electron chi connectivity index (χ2n) is 4.82. The fourth-order valence-corrected chi connectivity index (χ4v) is 2.92. The van der Waals surface area contributed by atoms with E-state index in [-0.39, 0.29) is 5.91 Å². The first-order chi connectivity index (χ1) is 8.61. The maximum Gasteiger partial charge on any atom is 0.254 e. The Morgan fingerprint density at radius 2 is 2.22 bits per heavy atom. The number of carbonyl (C=O) groups is 1. The zero-order valence-corrected chi connectivity index (χ0v) is 14.2. The molecule has 2 nitrogen and oxygen atoms in total. The predicted molar refractivity (Wildman–Crippen MR) is 85.8 cm³/mol. The molecule has 0 radical (unpaired) electrons. The van der Waals surface area contributed by atoms with Gasteiger partial charge in [0.2, 0.25) is 0 Å². The number of hydrogen-bond donors (Lipinski definition) is 0. The minimum atomic E-state index is 0.175. The van der Waals surface area contributed by atoms with Crippen molar-refractivity contribution < 1.29 is 4.79 Å². The van der Waals surface area contributed by atoms with Crippen LogP contribution in [0.4, 0.5) is 0 Å². The Balaban J connectivity index is 2.17. The van der Waals surface area contributed by atoms with E-state index in [1.165, 1.54) is 12.8 Å². The molecule has 0 spiro atoms. The normalized spacial score (nSPS) is 14.6. The fraction of sp³-hybridized carbons (Fsp3) is 0.500. The molecule has 1 aliphatic rings. The van der Waals surface area contributed by atoms with Crippen molar-refractivity contribution in [3.63, 3.8) is 0 Å². The Morgan fingerprint density at radius 3 is 2.83 bits per heavy atom. The van der Waals surface area contributed by atoms with Crippen LogP contribution in [0.1, 0.15) is 36.5 Å². The molecule has 0 bridgehead atoms. The van der Waals surface area contributed by atoms with Crippen molar-refractivity contribution in [3.05, 3.63) is 31.8 Å². The van der Waals surface area contributed by atoms with Crippen LogP contribution in [0.2, 0.25) is 0 Å². The molecule has 0 aromatic heterocycles. The quantitative estimate of drug-likeness (QED) is 0.648. The molecule has 4 heteroatoms. The molecular weight excluding hydrogens is 405 g/mol. The average molecular weight is 422 g/mol. The molecule has 1 saturated carbocycles. The minimum absolute atomic E-state index is 0.175. The number of benzene rings is 1. The van der Waals surface area contributed by atoms with E-state index in [9.17, 15) is 4.79 Å². The first kappa shape index (κ1) is 14.3. The largest absolute Gasteiger partial charge is 0.338 e. The second kappa shape index (κ2) is 6.37. The molecule has 98 valence electrons. The van der Waals surface area contributed by atoms with Crippen LogP contribution in [-0.2, 0) is 0 Å². The zero-order valence-electron chi connectivity index (χ0n) is 10.5. The summed E-state index contributed by atoms with van der Waals surface area (Å²) in [5, 5.41) is 0. The number of hydrogen-bond acceptors (Lipinski definition) is 1. The third-order valence-corrected chi connectivity index (χ3v) is 4.55. The molecule has 0 unspecified atom stereocenters. The molecule has 0 atom stereocenters. The van der Waals surface area contributed by atoms with Crippen LogP contribution in [0.25, 0.3) is 0 Å². The van der Waals surface area contributed by atoms with E-state index in [0.717, 1.165) is 39.0 Å². The van der Waals surface area contributed by atoms with Crippen LogP contribution in [0, 0.1) is 9.49 Å². The Kier molecular flexibility index (Phi) is 5.06. The molecule has 0 N–H and O–H groups in total. The van der Waals surface area contributed by atoms with Gasteiger partial charge in [-0.1, -0.05) is 22.9 Å². The second-order valence-corrected chi connectivity index (χ2v) is 6.90. The highest BCUT2D eigenvalue weighted by molar-refractivity contribution is 14.1. The zero-order chi connectivity index (χ0) is 13.1. The van der Waals surface area contributed by atoms with Crippen LogP contribution >= 0.6 is 38.5 Å². The van der Waals surface area contributed by atoms with Crippen molar-refractivity contribution in [2.24, 2.45) is 5.92 Å². The third-order valence-electron chi connectivity index (χ3n) is 3.12. The lowest BCUT2D eigenvalue weighted by atomic mass is 10.2. The van der Waals surface area contributed by atoms with Crippen molar-refractivity contribution in [2.45, 2.75) is 26.2 Å². The molecule has 0 saturated heterocycles. The Labute approximate surface area is 130 Å². The molecule has 1 aromatic rings. The molecule has 0 aliphatic heterocycles. The van der Waals surface area contributed by atoms with Crippen LogP contribution in [0.15, 0.2) is 22.7 Å². The van der Waals surface area contributed by atoms with E-state index in [1.807, 2.05) is 23.1 Å². The van der Waals surface area contributed by atoms with Gasteiger partial charge in [-0.2, -0.15) is 0 Å². The van der Waals surface area contributed by atoms with Crippen LogP contribution in [0.3, 0.4) is 0 Å². The van der Waals surface area contributed by atoms with Gasteiger partial charge in [-0.15, -0.1) is 0 Å². The Hall–Kier alpha value is -0.100. The van der Waals surface area contributed by atoms with E-state index >= 15 is 0 Å². The highest BCUT2D eigenvalue weighted by Gasteiger charge is 2.27. The number of amides is 1. The summed E-state index contributed by atoms with van der Waals surface area (Å²) in [6.45, 7) is 3.91. The first-order valence-corrected chi connectivity index (χ1v) is 8.23. The van der Waals surface area contributed by atoms with Gasteiger partial charge in [-0.3, -0.25) is 4.79 Å². The van der Waals surface area contributed by atoms with Crippen LogP contribution in [0.5, 0.6) is 0 Å². The number of nitrogens with zero attached hydrogens (tertiary/aromatic N) is 1. The molecule has 1 aromatic carbocycles. The SMILES string of the molecule is CCCN(CC1CC1)C(=O)c1cc(Br)ccc1I. The van der Waals surface area contributed by atoms with E-state index in [1.54, 1.807) is 0 Å². The van der Waals surface area contributed by atoms with Gasteiger partial charge in [-0.05, 0) is 66.0 Å². The van der Waals surface area contributed by atoms with E-state index < -0.39 is 0 Å². The summed E-state index contributed by atoms with van der Waals surface area (Å²) in [5.41, 5.74) is 0.819. The van der Waals surface area contributed by atoms with Gasteiger partial charge in [0.05, 0.1) is 5.56 Å². The van der Waals surface area contributed by atoms with Gasteiger partial charge in [-0.25, -0.2) is 0 Å². The van der Waals surface area contributed by atoms with E-state index in [0.29, 0.717) is 0 Å². The molecule has 1 amide bonds. The monoisotopic (exact) mass is 421 g/mol. The lowest BCUT2D eigenvalue weighted by molar-refractivity contribution is 0.0746. The Morgan fingerprint density at radius 1 is 1.50 bits per heavy atom. The Bertz CT molecular complexity index is 445. The van der Waals surface area contributed by atoms with Gasteiger partial charge >= 0.3 is 0 Å². The third kappa shape index (κ3) is 3.70. The maximum absolute atomic E-state index is 12.6. The van der Waals surface area contributed by atoms with Crippen molar-refractivity contribution in [2.75, 3.05) is 13.1 Å². The summed E-state index contributed by atoms with van der Waals surface area (Å²) in [7, 11) is 0. The van der Waals surface area contributed by atoms with Gasteiger partial charge in [0.25, 0.3) is 5.91 Å². The first-order valence-electron chi connectivity index (χ1n) is 6.36. The van der Waals surface area contributed by atoms with Crippen molar-refractivity contribution in [1.82, 2.24) is 4.90 Å². The van der Waals surface area contributed by atoms with Gasteiger partial charge in [0, 0.05) is 21.1 Å². The summed E-state index contributed by atoms with van der Waals surface area (Å²) >= 11 is 5.68. The standard InChI is InChI=1S/C14H17BrINO/c1-2-7-17(9-10-3-4-10)14(18)12-8-11(15)5-6-13(12)16/h5-6,8,10H,2-4,7,9H2,1H3. The lowest BCUT2D eigenvalue weighted by Crippen LogP contribution is -2.34. The van der Waals surface area contributed by atoms with Crippen LogP contribution < -0.4 is 0 Å². The number of halogens is 2. The van der Waals surface area contributed by atoms with Crippen molar-refractivity contribution in [3.8, 4) is 0 Å². The summed E-state index contributed by atoms with van der Waals surface area (Å²) < 4.78 is 1.99. The lowest BCUT2D eigenvalue weighted by Gasteiger charge is -2.22. The van der Waals surface area contributed by atoms with Gasteiger partial charge in [0.15, 0.2) is 0 Å². The van der Waals surface area contributed by atoms with Gasteiger partial charge < -0.3 is 4.90 Å². The molecule has 1 aliphatic carbocycles. The van der Waals surface area contributed by atoms with Crippen LogP contribution in [-0.4, -0.2) is 23.9 Å². The van der Waals surface area contributed by atoms with Crippen molar-refractivity contribution >= 4 is 44.4 Å². The predicted octanol–water partition coefficient (Wildman–Crippen LogP) is 4.32. The van der Waals surface area contributed by atoms with E-state index in [2.05, 4.69) is 45.4 Å². The topological polar surface area (TPSA) is 20.3 Å². The molecular formula is C14H17BrINO. The number of rotatable bonds is 5. The smallest absolute Gasteiger partial charge is 0.254 e. The molecule has 18 heavy (non-hydrogen) atoms. The summed E-state index contributed by atoms with van der Waals surface area (Å²) in [5.74, 6) is 0.916. The molecule has 2 rings (SSSR count). The highest BCUT2D eigenvalue weighted by Crippen LogP contribution is 2.30. The average Bonchev–Trinajstić information content (AvgIpc) is 3.15. The van der Waals surface area contributed by atoms with E-state index in [4.69, 9.17) is 0 Å². The summed E-state index contributed by atoms with van der Waals surface area (Å²) in [6.07, 6.45) is 3.58. The summed E-state index contributed by atoms with van der Waals surface area (Å²) in [6, 6.07) is 5.89. The van der Waals surface area contributed by atoms with Crippen molar-refractivity contribution in [1.29, 1.82) is 0 Å². The summed E-state index contributed by atoms with van der Waals surface area (Å²) in [4.78, 5) is 14.6. The molecule has 0 heterocycles.